The van der Waals surface area contributed by atoms with Crippen molar-refractivity contribution in [1.82, 2.24) is 9.80 Å². The molecule has 4 heteroatoms. The van der Waals surface area contributed by atoms with Crippen LogP contribution in [-0.2, 0) is 9.47 Å². The smallest absolute Gasteiger partial charge is 0.0625 e. The fourth-order valence-corrected chi connectivity index (χ4v) is 3.35. The molecule has 2 rings (SSSR count). The molecule has 0 amide bonds. The van der Waals surface area contributed by atoms with E-state index in [1.807, 2.05) is 0 Å². The minimum atomic E-state index is 0.373. The summed E-state index contributed by atoms with van der Waals surface area (Å²) in [7, 11) is 0. The van der Waals surface area contributed by atoms with E-state index in [0.29, 0.717) is 17.6 Å². The molecule has 0 radical (unpaired) electrons. The molecule has 148 valence electrons. The van der Waals surface area contributed by atoms with Crippen LogP contribution in [0.25, 0.3) is 0 Å². The highest BCUT2D eigenvalue weighted by Gasteiger charge is 2.31. The molecule has 0 aromatic carbocycles. The van der Waals surface area contributed by atoms with Gasteiger partial charge in [0, 0.05) is 39.3 Å². The van der Waals surface area contributed by atoms with Crippen LogP contribution >= 0.6 is 0 Å². The van der Waals surface area contributed by atoms with E-state index in [1.165, 1.54) is 39.1 Å². The minimum absolute atomic E-state index is 0.373. The third-order valence-corrected chi connectivity index (χ3v) is 5.51. The van der Waals surface area contributed by atoms with Crippen molar-refractivity contribution >= 4 is 0 Å². The summed E-state index contributed by atoms with van der Waals surface area (Å²) in [5, 5.41) is 0. The maximum Gasteiger partial charge on any atom is 0.0625 e. The zero-order chi connectivity index (χ0) is 18.3. The summed E-state index contributed by atoms with van der Waals surface area (Å²) in [6.07, 6.45) is 5.52. The molecule has 1 aliphatic carbocycles. The first-order valence-electron chi connectivity index (χ1n) is 10.5. The molecule has 2 fully saturated rings. The SMILES string of the molecule is CC(C)CCN1CCN(CCOC2CC(OCCC(C)(C)C)C2)CC1. The van der Waals surface area contributed by atoms with Crippen LogP contribution in [0, 0.1) is 11.3 Å². The van der Waals surface area contributed by atoms with Gasteiger partial charge in [-0.2, -0.15) is 0 Å². The molecular weight excluding hydrogens is 312 g/mol. The summed E-state index contributed by atoms with van der Waals surface area (Å²) < 4.78 is 12.0. The normalized spacial score (nSPS) is 26.2. The fraction of sp³-hybridized carbons (Fsp3) is 1.00. The maximum absolute atomic E-state index is 6.03. The van der Waals surface area contributed by atoms with Crippen molar-refractivity contribution in [3.63, 3.8) is 0 Å². The molecule has 25 heavy (non-hydrogen) atoms. The van der Waals surface area contributed by atoms with Crippen molar-refractivity contribution in [3.8, 4) is 0 Å². The van der Waals surface area contributed by atoms with Crippen LogP contribution in [0.3, 0.4) is 0 Å². The van der Waals surface area contributed by atoms with E-state index >= 15 is 0 Å². The van der Waals surface area contributed by atoms with Crippen molar-refractivity contribution in [2.75, 3.05) is 52.5 Å². The van der Waals surface area contributed by atoms with Gasteiger partial charge in [0.2, 0.25) is 0 Å². The molecule has 0 bridgehead atoms. The van der Waals surface area contributed by atoms with Gasteiger partial charge in [-0.3, -0.25) is 4.90 Å². The standard InChI is InChI=1S/C21H42N2O2/c1-18(2)6-8-22-9-11-23(12-10-22)13-15-25-20-16-19(17-20)24-14-7-21(3,4)5/h18-20H,6-17H2,1-5H3. The van der Waals surface area contributed by atoms with Gasteiger partial charge < -0.3 is 14.4 Å². The van der Waals surface area contributed by atoms with E-state index in [0.717, 1.165) is 44.9 Å². The summed E-state index contributed by atoms with van der Waals surface area (Å²) in [4.78, 5) is 5.17. The summed E-state index contributed by atoms with van der Waals surface area (Å²) in [6.45, 7) is 20.4. The van der Waals surface area contributed by atoms with E-state index in [-0.39, 0.29) is 0 Å². The molecule has 0 aromatic rings. The first kappa shape index (κ1) is 21.1. The second-order valence-corrected chi connectivity index (χ2v) is 9.63. The predicted octanol–water partition coefficient (Wildman–Crippen LogP) is 3.65. The third-order valence-electron chi connectivity index (χ3n) is 5.51. The van der Waals surface area contributed by atoms with Crippen molar-refractivity contribution in [1.29, 1.82) is 0 Å². The van der Waals surface area contributed by atoms with E-state index in [1.54, 1.807) is 0 Å². The Labute approximate surface area is 156 Å². The largest absolute Gasteiger partial charge is 0.378 e. The number of rotatable bonds is 10. The molecular formula is C21H42N2O2. The first-order valence-corrected chi connectivity index (χ1v) is 10.5. The minimum Gasteiger partial charge on any atom is -0.378 e. The number of ether oxygens (including phenoxy) is 2. The Bertz CT molecular complexity index is 353. The quantitative estimate of drug-likeness (QED) is 0.598. The van der Waals surface area contributed by atoms with Crippen molar-refractivity contribution < 1.29 is 9.47 Å². The Morgan fingerprint density at radius 1 is 0.840 bits per heavy atom. The van der Waals surface area contributed by atoms with E-state index in [9.17, 15) is 0 Å². The number of nitrogens with zero attached hydrogens (tertiary/aromatic N) is 2. The molecule has 4 nitrogen and oxygen atoms in total. The van der Waals surface area contributed by atoms with Crippen LogP contribution in [-0.4, -0.2) is 74.5 Å². The Hall–Kier alpha value is -0.160. The van der Waals surface area contributed by atoms with Crippen molar-refractivity contribution in [2.24, 2.45) is 11.3 Å². The third kappa shape index (κ3) is 8.85. The van der Waals surface area contributed by atoms with Gasteiger partial charge in [0.25, 0.3) is 0 Å². The number of hydrogen-bond acceptors (Lipinski definition) is 4. The van der Waals surface area contributed by atoms with Gasteiger partial charge in [-0.1, -0.05) is 34.6 Å². The highest BCUT2D eigenvalue weighted by molar-refractivity contribution is 4.81. The lowest BCUT2D eigenvalue weighted by atomic mass is 9.91. The molecule has 1 saturated carbocycles. The topological polar surface area (TPSA) is 24.9 Å². The second kappa shape index (κ2) is 10.2. The average Bonchev–Trinajstić information content (AvgIpc) is 2.49. The van der Waals surface area contributed by atoms with Gasteiger partial charge in [-0.05, 0) is 43.6 Å². The highest BCUT2D eigenvalue weighted by atomic mass is 16.5. The molecule has 0 N–H and O–H groups in total. The molecule has 0 spiro atoms. The second-order valence-electron chi connectivity index (χ2n) is 9.63. The Morgan fingerprint density at radius 2 is 1.36 bits per heavy atom. The average molecular weight is 355 g/mol. The van der Waals surface area contributed by atoms with E-state index < -0.39 is 0 Å². The van der Waals surface area contributed by atoms with Crippen LogP contribution in [0.1, 0.15) is 60.3 Å². The molecule has 0 aromatic heterocycles. The van der Waals surface area contributed by atoms with Crippen LogP contribution in [0.5, 0.6) is 0 Å². The Morgan fingerprint density at radius 3 is 1.88 bits per heavy atom. The number of piperazine rings is 1. The van der Waals surface area contributed by atoms with Gasteiger partial charge in [0.15, 0.2) is 0 Å². The van der Waals surface area contributed by atoms with Crippen molar-refractivity contribution in [2.45, 2.75) is 72.5 Å². The highest BCUT2D eigenvalue weighted by Crippen LogP contribution is 2.27. The molecule has 1 heterocycles. The zero-order valence-electron chi connectivity index (χ0n) is 17.4. The summed E-state index contributed by atoms with van der Waals surface area (Å²) >= 11 is 0. The van der Waals surface area contributed by atoms with Gasteiger partial charge >= 0.3 is 0 Å². The van der Waals surface area contributed by atoms with Gasteiger partial charge in [-0.15, -0.1) is 0 Å². The lowest BCUT2D eigenvalue weighted by molar-refractivity contribution is -0.107. The fourth-order valence-electron chi connectivity index (χ4n) is 3.35. The van der Waals surface area contributed by atoms with Gasteiger partial charge in [0.05, 0.1) is 18.8 Å². The molecule has 2 aliphatic rings. The predicted molar refractivity (Wildman–Crippen MR) is 105 cm³/mol. The van der Waals surface area contributed by atoms with Crippen molar-refractivity contribution in [3.05, 3.63) is 0 Å². The summed E-state index contributed by atoms with van der Waals surface area (Å²) in [5.74, 6) is 0.815. The Kier molecular flexibility index (Phi) is 8.67. The van der Waals surface area contributed by atoms with E-state index in [2.05, 4.69) is 44.4 Å². The molecule has 0 atom stereocenters. The van der Waals surface area contributed by atoms with Crippen LogP contribution in [0.2, 0.25) is 0 Å². The van der Waals surface area contributed by atoms with Crippen LogP contribution in [0.4, 0.5) is 0 Å². The summed E-state index contributed by atoms with van der Waals surface area (Å²) in [6, 6.07) is 0. The van der Waals surface area contributed by atoms with Gasteiger partial charge in [-0.25, -0.2) is 0 Å². The van der Waals surface area contributed by atoms with E-state index in [4.69, 9.17) is 9.47 Å². The lowest BCUT2D eigenvalue weighted by Gasteiger charge is -2.37. The molecule has 0 unspecified atom stereocenters. The van der Waals surface area contributed by atoms with Crippen LogP contribution in [0.15, 0.2) is 0 Å². The molecule has 1 aliphatic heterocycles. The maximum atomic E-state index is 6.03. The first-order chi connectivity index (χ1) is 11.8. The monoisotopic (exact) mass is 354 g/mol. The summed E-state index contributed by atoms with van der Waals surface area (Å²) in [5.41, 5.74) is 0.373. The lowest BCUT2D eigenvalue weighted by Crippen LogP contribution is -2.48. The van der Waals surface area contributed by atoms with Crippen LogP contribution < -0.4 is 0 Å². The zero-order valence-corrected chi connectivity index (χ0v) is 17.4. The Balaban J connectivity index is 1.43. The molecule has 1 saturated heterocycles. The van der Waals surface area contributed by atoms with Gasteiger partial charge in [0.1, 0.15) is 0 Å². The number of hydrogen-bond donors (Lipinski definition) is 0.